The Bertz CT molecular complexity index is 1720. The molecule has 3 N–H and O–H groups in total. The SMILES string of the molecule is Cc1cc(Nc2nccn3c(-c4cn(CC#N)nc4C(F)(F)F)cnc23)cc(F)c1C(=O)N1CCN(C(=O)C(C)N)CC1. The molecule has 5 rings (SSSR count). The Kier molecular flexibility index (Phi) is 7.76. The zero-order valence-electron chi connectivity index (χ0n) is 23.1. The topological polar surface area (TPSA) is 150 Å². The Balaban J connectivity index is 1.40. The van der Waals surface area contributed by atoms with Crippen LogP contribution in [-0.2, 0) is 17.5 Å². The third kappa shape index (κ3) is 5.71. The van der Waals surface area contributed by atoms with E-state index in [2.05, 4.69) is 20.4 Å². The highest BCUT2D eigenvalue weighted by Crippen LogP contribution is 2.37. The van der Waals surface area contributed by atoms with E-state index in [9.17, 15) is 22.8 Å². The van der Waals surface area contributed by atoms with E-state index in [0.29, 0.717) is 5.56 Å². The van der Waals surface area contributed by atoms with Gasteiger partial charge in [0.25, 0.3) is 5.91 Å². The molecule has 4 heterocycles. The maximum atomic E-state index is 15.3. The molecule has 3 aromatic heterocycles. The van der Waals surface area contributed by atoms with Crippen LogP contribution in [0.15, 0.2) is 36.9 Å². The largest absolute Gasteiger partial charge is 0.435 e. The van der Waals surface area contributed by atoms with Crippen LogP contribution in [0.1, 0.15) is 28.5 Å². The number of nitrogens with two attached hydrogens (primary N) is 1. The second-order valence-electron chi connectivity index (χ2n) is 10.0. The number of carbonyl (C=O) groups excluding carboxylic acids is 2. The summed E-state index contributed by atoms with van der Waals surface area (Å²) in [5.41, 5.74) is 4.89. The highest BCUT2D eigenvalue weighted by molar-refractivity contribution is 5.97. The molecular weight excluding hydrogens is 572 g/mol. The molecule has 1 atom stereocenters. The number of alkyl halides is 3. The Morgan fingerprint density at radius 1 is 1.16 bits per heavy atom. The number of nitriles is 1. The lowest BCUT2D eigenvalue weighted by molar-refractivity contribution is -0.141. The smallest absolute Gasteiger partial charge is 0.338 e. The average molecular weight is 599 g/mol. The van der Waals surface area contributed by atoms with E-state index in [-0.39, 0.29) is 72.6 Å². The first kappa shape index (κ1) is 29.5. The summed E-state index contributed by atoms with van der Waals surface area (Å²) in [6.45, 7) is 3.84. The first-order valence-electron chi connectivity index (χ1n) is 13.1. The summed E-state index contributed by atoms with van der Waals surface area (Å²) in [4.78, 5) is 36.8. The van der Waals surface area contributed by atoms with E-state index in [1.807, 2.05) is 0 Å². The number of rotatable bonds is 6. The van der Waals surface area contributed by atoms with Crippen molar-refractivity contribution in [3.05, 3.63) is 59.6 Å². The van der Waals surface area contributed by atoms with Gasteiger partial charge in [-0.2, -0.15) is 23.5 Å². The van der Waals surface area contributed by atoms with Gasteiger partial charge in [-0.25, -0.2) is 14.4 Å². The van der Waals surface area contributed by atoms with E-state index in [4.69, 9.17) is 11.0 Å². The number of piperazine rings is 1. The maximum absolute atomic E-state index is 15.3. The average Bonchev–Trinajstić information content (AvgIpc) is 3.57. The summed E-state index contributed by atoms with van der Waals surface area (Å²) >= 11 is 0. The van der Waals surface area contributed by atoms with Gasteiger partial charge in [-0.15, -0.1) is 0 Å². The highest BCUT2D eigenvalue weighted by atomic mass is 19.4. The lowest BCUT2D eigenvalue weighted by Gasteiger charge is -2.35. The molecule has 0 radical (unpaired) electrons. The molecule has 0 aliphatic carbocycles. The quantitative estimate of drug-likeness (QED) is 0.322. The van der Waals surface area contributed by atoms with Gasteiger partial charge in [0.2, 0.25) is 5.91 Å². The van der Waals surface area contributed by atoms with Gasteiger partial charge < -0.3 is 20.9 Å². The van der Waals surface area contributed by atoms with Crippen LogP contribution in [0.25, 0.3) is 16.9 Å². The molecular formula is C27H26F4N10O2. The van der Waals surface area contributed by atoms with Crippen LogP contribution in [0.5, 0.6) is 0 Å². The van der Waals surface area contributed by atoms with Gasteiger partial charge in [0.15, 0.2) is 17.2 Å². The van der Waals surface area contributed by atoms with Gasteiger partial charge in [0.1, 0.15) is 12.4 Å². The van der Waals surface area contributed by atoms with Crippen LogP contribution in [0.3, 0.4) is 0 Å². The molecule has 1 aromatic carbocycles. The first-order chi connectivity index (χ1) is 20.4. The van der Waals surface area contributed by atoms with Gasteiger partial charge in [0.05, 0.1) is 35.1 Å². The fourth-order valence-electron chi connectivity index (χ4n) is 4.98. The van der Waals surface area contributed by atoms with Crippen LogP contribution in [0.4, 0.5) is 29.1 Å². The molecule has 0 bridgehead atoms. The molecule has 2 amide bonds. The summed E-state index contributed by atoms with van der Waals surface area (Å²) in [7, 11) is 0. The molecule has 12 nitrogen and oxygen atoms in total. The highest BCUT2D eigenvalue weighted by Gasteiger charge is 2.38. The van der Waals surface area contributed by atoms with Gasteiger partial charge in [0, 0.05) is 50.5 Å². The van der Waals surface area contributed by atoms with Crippen LogP contribution in [0.2, 0.25) is 0 Å². The molecule has 1 saturated heterocycles. The molecule has 0 saturated carbocycles. The Labute approximate surface area is 242 Å². The summed E-state index contributed by atoms with van der Waals surface area (Å²) < 4.78 is 58.8. The number of aryl methyl sites for hydroxylation is 1. The summed E-state index contributed by atoms with van der Waals surface area (Å²) in [6.07, 6.45) is 0.314. The Morgan fingerprint density at radius 3 is 2.49 bits per heavy atom. The number of hydrogen-bond donors (Lipinski definition) is 2. The van der Waals surface area contributed by atoms with Crippen molar-refractivity contribution in [2.24, 2.45) is 5.73 Å². The lowest BCUT2D eigenvalue weighted by atomic mass is 10.0. The van der Waals surface area contributed by atoms with Crippen LogP contribution in [-0.4, -0.2) is 78.0 Å². The third-order valence-corrected chi connectivity index (χ3v) is 7.00. The van der Waals surface area contributed by atoms with Crippen molar-refractivity contribution in [3.63, 3.8) is 0 Å². The van der Waals surface area contributed by atoms with Crippen molar-refractivity contribution in [3.8, 4) is 17.3 Å². The van der Waals surface area contributed by atoms with E-state index in [1.165, 1.54) is 27.9 Å². The molecule has 4 aromatic rings. The monoisotopic (exact) mass is 598 g/mol. The number of hydrogen-bond acceptors (Lipinski definition) is 8. The number of imidazole rings is 1. The molecule has 1 aliphatic rings. The fraction of sp³-hybridized carbons (Fsp3) is 0.333. The normalized spacial score (nSPS) is 14.6. The first-order valence-corrected chi connectivity index (χ1v) is 13.1. The zero-order chi connectivity index (χ0) is 31.1. The molecule has 1 aliphatic heterocycles. The van der Waals surface area contributed by atoms with Gasteiger partial charge >= 0.3 is 6.18 Å². The zero-order valence-corrected chi connectivity index (χ0v) is 23.1. The number of halogens is 4. The number of benzene rings is 1. The number of fused-ring (bicyclic) bond motifs is 1. The van der Waals surface area contributed by atoms with Crippen LogP contribution < -0.4 is 11.1 Å². The fourth-order valence-corrected chi connectivity index (χ4v) is 4.98. The predicted octanol–water partition coefficient (Wildman–Crippen LogP) is 2.96. The third-order valence-electron chi connectivity index (χ3n) is 7.00. The van der Waals surface area contributed by atoms with E-state index < -0.39 is 29.6 Å². The summed E-state index contributed by atoms with van der Waals surface area (Å²) in [6, 6.07) is 3.78. The van der Waals surface area contributed by atoms with Crippen LogP contribution in [0, 0.1) is 24.1 Å². The maximum Gasteiger partial charge on any atom is 0.435 e. The Morgan fingerprint density at radius 2 is 1.86 bits per heavy atom. The second-order valence-corrected chi connectivity index (χ2v) is 10.0. The Hall–Kier alpha value is -5.04. The number of aromatic nitrogens is 5. The van der Waals surface area contributed by atoms with Crippen molar-refractivity contribution in [1.82, 2.24) is 33.9 Å². The van der Waals surface area contributed by atoms with Crippen molar-refractivity contribution in [2.45, 2.75) is 32.6 Å². The van der Waals surface area contributed by atoms with Gasteiger partial charge in [-0.3, -0.25) is 18.7 Å². The van der Waals surface area contributed by atoms with E-state index in [1.54, 1.807) is 30.9 Å². The number of nitrogens with zero attached hydrogens (tertiary/aromatic N) is 8. The number of nitrogens with one attached hydrogen (secondary N) is 1. The van der Waals surface area contributed by atoms with Crippen LogP contribution >= 0.6 is 0 Å². The lowest BCUT2D eigenvalue weighted by Crippen LogP contribution is -2.53. The van der Waals surface area contributed by atoms with Crippen molar-refractivity contribution in [2.75, 3.05) is 31.5 Å². The number of anilines is 2. The minimum atomic E-state index is -4.78. The molecule has 224 valence electrons. The number of amides is 2. The predicted molar refractivity (Wildman–Crippen MR) is 145 cm³/mol. The van der Waals surface area contributed by atoms with Crippen molar-refractivity contribution >= 4 is 29.0 Å². The van der Waals surface area contributed by atoms with Crippen molar-refractivity contribution < 1.29 is 27.2 Å². The molecule has 1 fully saturated rings. The molecule has 0 spiro atoms. The molecule has 1 unspecified atom stereocenters. The van der Waals surface area contributed by atoms with E-state index in [0.717, 1.165) is 16.9 Å². The van der Waals surface area contributed by atoms with Gasteiger partial charge in [-0.1, -0.05) is 0 Å². The minimum Gasteiger partial charge on any atom is -0.338 e. The minimum absolute atomic E-state index is 0.0583. The van der Waals surface area contributed by atoms with Gasteiger partial charge in [-0.05, 0) is 31.5 Å². The summed E-state index contributed by atoms with van der Waals surface area (Å²) in [5.74, 6) is -1.38. The number of carbonyl (C=O) groups is 2. The van der Waals surface area contributed by atoms with Crippen molar-refractivity contribution in [1.29, 1.82) is 5.26 Å². The van der Waals surface area contributed by atoms with E-state index >= 15 is 4.39 Å². The second kappa shape index (κ2) is 11.3. The standard InChI is InChI=1S/C27H26F4N10O2/c1-15-11-17(12-19(28)21(15)26(43)39-9-7-38(8-10-39)25(42)16(2)33)36-23-24-35-13-20(41(24)6-4-34-23)18-14-40(5-3-32)37-22(18)27(29,30)31/h4,6,11-14,16H,5,7-10,33H2,1-2H3,(H,34,36). The molecule has 43 heavy (non-hydrogen) atoms. The molecule has 16 heteroatoms. The summed E-state index contributed by atoms with van der Waals surface area (Å²) in [5, 5.41) is 15.4.